The summed E-state index contributed by atoms with van der Waals surface area (Å²) in [6.45, 7) is 13.2. The number of urea groups is 1. The molecule has 1 aliphatic heterocycles. The molecular formula is C26H48N2O3. The molecule has 1 aliphatic carbocycles. The highest BCUT2D eigenvalue weighted by Crippen LogP contribution is 2.35. The maximum Gasteiger partial charge on any atom is 0.327 e. The summed E-state index contributed by atoms with van der Waals surface area (Å²) >= 11 is 0. The van der Waals surface area contributed by atoms with Crippen LogP contribution in [-0.4, -0.2) is 53.6 Å². The van der Waals surface area contributed by atoms with Crippen molar-refractivity contribution in [3.05, 3.63) is 0 Å². The van der Waals surface area contributed by atoms with Crippen molar-refractivity contribution in [3.8, 4) is 0 Å². The van der Waals surface area contributed by atoms with Crippen molar-refractivity contribution in [2.75, 3.05) is 26.3 Å². The van der Waals surface area contributed by atoms with Crippen molar-refractivity contribution >= 4 is 11.9 Å². The Bertz CT molecular complexity index is 567. The molecule has 0 unspecified atom stereocenters. The third-order valence-electron chi connectivity index (χ3n) is 7.45. The van der Waals surface area contributed by atoms with Crippen LogP contribution in [0.25, 0.3) is 0 Å². The number of carbonyl (C=O) groups excluding carboxylic acids is 2. The number of hydrogen-bond acceptors (Lipinski definition) is 3. The van der Waals surface area contributed by atoms with Crippen LogP contribution in [0.1, 0.15) is 112 Å². The molecule has 3 amide bonds. The molecule has 0 spiro atoms. The minimum Gasteiger partial charge on any atom is -0.381 e. The number of likely N-dealkylation sites (N-methyl/N-ethyl adjacent to an activating group) is 1. The van der Waals surface area contributed by atoms with Crippen molar-refractivity contribution in [2.45, 2.75) is 117 Å². The number of ether oxygens (including phenoxy) is 1. The maximum absolute atomic E-state index is 12.4. The van der Waals surface area contributed by atoms with E-state index in [-0.39, 0.29) is 18.5 Å². The maximum atomic E-state index is 12.4. The second-order valence-electron chi connectivity index (χ2n) is 11.2. The van der Waals surface area contributed by atoms with Crippen molar-refractivity contribution in [2.24, 2.45) is 11.3 Å². The van der Waals surface area contributed by atoms with E-state index in [9.17, 15) is 9.59 Å². The summed E-state index contributed by atoms with van der Waals surface area (Å²) in [7, 11) is 0. The Morgan fingerprint density at radius 3 is 2.10 bits per heavy atom. The lowest BCUT2D eigenvalue weighted by molar-refractivity contribution is -0.129. The van der Waals surface area contributed by atoms with Crippen LogP contribution in [0.2, 0.25) is 0 Å². The van der Waals surface area contributed by atoms with Crippen LogP contribution in [-0.2, 0) is 9.53 Å². The number of nitrogens with zero attached hydrogens (tertiary/aromatic N) is 2. The zero-order valence-electron chi connectivity index (χ0n) is 21.0. The van der Waals surface area contributed by atoms with Crippen LogP contribution in [0.5, 0.6) is 0 Å². The Kier molecular flexibility index (Phi) is 10.3. The van der Waals surface area contributed by atoms with Crippen LogP contribution in [0.4, 0.5) is 4.79 Å². The van der Waals surface area contributed by atoms with Crippen LogP contribution < -0.4 is 0 Å². The van der Waals surface area contributed by atoms with Gasteiger partial charge in [0, 0.05) is 25.3 Å². The van der Waals surface area contributed by atoms with Crippen molar-refractivity contribution in [3.63, 3.8) is 0 Å². The quantitative estimate of drug-likeness (QED) is 0.220. The summed E-state index contributed by atoms with van der Waals surface area (Å²) in [5, 5.41) is 0. The number of carbonyl (C=O) groups is 2. The van der Waals surface area contributed by atoms with Gasteiger partial charge in [-0.1, -0.05) is 46.0 Å². The van der Waals surface area contributed by atoms with E-state index >= 15 is 0 Å². The fourth-order valence-electron chi connectivity index (χ4n) is 5.20. The molecule has 0 aromatic rings. The van der Waals surface area contributed by atoms with Gasteiger partial charge in [0.2, 0.25) is 0 Å². The van der Waals surface area contributed by atoms with E-state index in [1.54, 1.807) is 4.90 Å². The minimum atomic E-state index is -0.428. The van der Waals surface area contributed by atoms with E-state index in [0.29, 0.717) is 12.0 Å². The molecule has 1 heterocycles. The molecule has 2 aliphatic rings. The monoisotopic (exact) mass is 436 g/mol. The van der Waals surface area contributed by atoms with E-state index in [0.717, 1.165) is 44.8 Å². The summed E-state index contributed by atoms with van der Waals surface area (Å²) in [5.74, 6) is 0.930. The number of imide groups is 1. The van der Waals surface area contributed by atoms with E-state index in [1.165, 1.54) is 56.3 Å². The van der Waals surface area contributed by atoms with Gasteiger partial charge in [-0.2, -0.15) is 0 Å². The molecule has 0 bridgehead atoms. The van der Waals surface area contributed by atoms with Crippen molar-refractivity contribution in [1.82, 2.24) is 9.80 Å². The highest BCUT2D eigenvalue weighted by Gasteiger charge is 2.43. The Morgan fingerprint density at radius 1 is 0.903 bits per heavy atom. The third kappa shape index (κ3) is 8.40. The molecule has 5 heteroatoms. The Labute approximate surface area is 191 Å². The van der Waals surface area contributed by atoms with E-state index in [2.05, 4.69) is 13.8 Å². The molecule has 0 radical (unpaired) electrons. The van der Waals surface area contributed by atoms with Crippen LogP contribution in [0, 0.1) is 11.3 Å². The van der Waals surface area contributed by atoms with E-state index < -0.39 is 5.54 Å². The first kappa shape index (κ1) is 26.2. The van der Waals surface area contributed by atoms with Crippen molar-refractivity contribution < 1.29 is 14.3 Å². The molecule has 0 N–H and O–H groups in total. The van der Waals surface area contributed by atoms with E-state index in [1.807, 2.05) is 20.8 Å². The molecule has 1 saturated heterocycles. The van der Waals surface area contributed by atoms with Gasteiger partial charge in [0.05, 0.1) is 0 Å². The number of amides is 3. The summed E-state index contributed by atoms with van der Waals surface area (Å²) < 4.78 is 5.85. The average Bonchev–Trinajstić information content (AvgIpc) is 3.32. The first-order valence-electron chi connectivity index (χ1n) is 12.9. The largest absolute Gasteiger partial charge is 0.381 e. The molecule has 0 aromatic heterocycles. The van der Waals surface area contributed by atoms with Crippen LogP contribution >= 0.6 is 0 Å². The standard InChI is InChI=1S/C26H48N2O3/c1-6-27-21-23(29)28(24(27)30)26(4,5)17-10-12-20-31-19-11-9-16-25(2,3)18-15-22-13-7-8-14-22/h22H,6-21H2,1-5H3. The van der Waals surface area contributed by atoms with E-state index in [4.69, 9.17) is 4.74 Å². The van der Waals surface area contributed by atoms with Gasteiger partial charge in [-0.05, 0) is 77.0 Å². The Balaban J connectivity index is 1.50. The zero-order valence-corrected chi connectivity index (χ0v) is 21.0. The lowest BCUT2D eigenvalue weighted by Crippen LogP contribution is -2.48. The zero-order chi connectivity index (χ0) is 22.9. The van der Waals surface area contributed by atoms with Gasteiger partial charge in [-0.25, -0.2) is 4.79 Å². The lowest BCUT2D eigenvalue weighted by atomic mass is 9.80. The third-order valence-corrected chi connectivity index (χ3v) is 7.45. The fraction of sp³-hybridized carbons (Fsp3) is 0.923. The van der Waals surface area contributed by atoms with Crippen LogP contribution in [0.3, 0.4) is 0 Å². The summed E-state index contributed by atoms with van der Waals surface area (Å²) in [6.07, 6.45) is 15.1. The minimum absolute atomic E-state index is 0.0701. The lowest BCUT2D eigenvalue weighted by Gasteiger charge is -2.33. The second-order valence-corrected chi connectivity index (χ2v) is 11.2. The number of hydrogen-bond donors (Lipinski definition) is 0. The van der Waals surface area contributed by atoms with Gasteiger partial charge in [-0.3, -0.25) is 9.69 Å². The van der Waals surface area contributed by atoms with Gasteiger partial charge in [0.15, 0.2) is 0 Å². The molecule has 0 aromatic carbocycles. The smallest absolute Gasteiger partial charge is 0.327 e. The first-order valence-corrected chi connectivity index (χ1v) is 12.9. The SMILES string of the molecule is CCN1CC(=O)N(C(C)(C)CCCCOCCCCC(C)(C)CCC2CCCC2)C1=O. The second kappa shape index (κ2) is 12.2. The summed E-state index contributed by atoms with van der Waals surface area (Å²) in [5.41, 5.74) is 0.0358. The molecule has 2 fully saturated rings. The normalized spacial score (nSPS) is 18.6. The predicted molar refractivity (Wildman–Crippen MR) is 127 cm³/mol. The van der Waals surface area contributed by atoms with Gasteiger partial charge in [-0.15, -0.1) is 0 Å². The molecule has 1 saturated carbocycles. The number of rotatable bonds is 15. The molecule has 31 heavy (non-hydrogen) atoms. The predicted octanol–water partition coefficient (Wildman–Crippen LogP) is 6.40. The molecule has 0 atom stereocenters. The number of unbranched alkanes of at least 4 members (excludes halogenated alkanes) is 2. The van der Waals surface area contributed by atoms with Gasteiger partial charge < -0.3 is 9.64 Å². The first-order chi connectivity index (χ1) is 14.7. The average molecular weight is 437 g/mol. The van der Waals surface area contributed by atoms with Gasteiger partial charge in [0.25, 0.3) is 5.91 Å². The summed E-state index contributed by atoms with van der Waals surface area (Å²) in [4.78, 5) is 27.7. The fourth-order valence-corrected chi connectivity index (χ4v) is 5.20. The Morgan fingerprint density at radius 2 is 1.52 bits per heavy atom. The van der Waals surface area contributed by atoms with Gasteiger partial charge >= 0.3 is 6.03 Å². The van der Waals surface area contributed by atoms with Crippen molar-refractivity contribution in [1.29, 1.82) is 0 Å². The molecule has 180 valence electrons. The molecule has 5 nitrogen and oxygen atoms in total. The highest BCUT2D eigenvalue weighted by atomic mass is 16.5. The van der Waals surface area contributed by atoms with Gasteiger partial charge in [0.1, 0.15) is 6.54 Å². The van der Waals surface area contributed by atoms with Crippen LogP contribution in [0.15, 0.2) is 0 Å². The Hall–Kier alpha value is -1.10. The topological polar surface area (TPSA) is 49.9 Å². The highest BCUT2D eigenvalue weighted by molar-refractivity contribution is 6.02. The summed E-state index contributed by atoms with van der Waals surface area (Å²) in [6, 6.07) is -0.139. The molecular weight excluding hydrogens is 388 g/mol. The molecule has 2 rings (SSSR count).